The Morgan fingerprint density at radius 1 is 1.37 bits per heavy atom. The van der Waals surface area contributed by atoms with Crippen LogP contribution in [0, 0.1) is 6.92 Å². The smallest absolute Gasteiger partial charge is 0.242 e. The van der Waals surface area contributed by atoms with Gasteiger partial charge in [-0.3, -0.25) is 4.79 Å². The van der Waals surface area contributed by atoms with E-state index in [9.17, 15) is 4.79 Å². The highest BCUT2D eigenvalue weighted by molar-refractivity contribution is 7.80. The lowest BCUT2D eigenvalue weighted by atomic mass is 10.2. The van der Waals surface area contributed by atoms with E-state index in [0.717, 1.165) is 11.3 Å². The molecule has 0 aliphatic heterocycles. The molecule has 4 N–H and O–H groups in total. The third-order valence-electron chi connectivity index (χ3n) is 2.43. The molecule has 1 aromatic heterocycles. The third kappa shape index (κ3) is 4.82. The Morgan fingerprint density at radius 3 is 2.53 bits per heavy atom. The fourth-order valence-corrected chi connectivity index (χ4v) is 1.70. The quantitative estimate of drug-likeness (QED) is 0.709. The van der Waals surface area contributed by atoms with Crippen LogP contribution in [0.15, 0.2) is 12.1 Å². The van der Waals surface area contributed by atoms with Crippen LogP contribution in [0.2, 0.25) is 0 Å². The maximum atomic E-state index is 11.8. The normalized spacial score (nSPS) is 12.1. The molecule has 0 spiro atoms. The number of pyridine rings is 1. The second kappa shape index (κ2) is 6.47. The van der Waals surface area contributed by atoms with Crippen molar-refractivity contribution in [3.63, 3.8) is 0 Å². The van der Waals surface area contributed by atoms with E-state index in [1.54, 1.807) is 13.0 Å². The van der Waals surface area contributed by atoms with Gasteiger partial charge >= 0.3 is 0 Å². The van der Waals surface area contributed by atoms with Crippen LogP contribution in [0.3, 0.4) is 0 Å². The molecular weight excluding hydrogens is 260 g/mol. The maximum Gasteiger partial charge on any atom is 0.242 e. The number of carbonyl (C=O) groups excluding carboxylic acids is 1. The molecule has 1 rings (SSSR count). The summed E-state index contributed by atoms with van der Waals surface area (Å²) in [4.78, 5) is 16.4. The molecule has 1 heterocycles. The lowest BCUT2D eigenvalue weighted by Gasteiger charge is -2.17. The number of hydrogen-bond donors (Lipinski definition) is 3. The molecule has 1 aromatic rings. The van der Waals surface area contributed by atoms with E-state index in [4.69, 9.17) is 18.0 Å². The molecule has 1 atom stereocenters. The number of carbonyl (C=O) groups is 1. The zero-order chi connectivity index (χ0) is 14.6. The SMILES string of the molecule is Cc1cc(C(N)=S)cc(NC(C)C(=O)NC(C)C)n1. The summed E-state index contributed by atoms with van der Waals surface area (Å²) in [5.74, 6) is 0.518. The average molecular weight is 280 g/mol. The van der Waals surface area contributed by atoms with Crippen molar-refractivity contribution in [1.29, 1.82) is 0 Å². The largest absolute Gasteiger partial charge is 0.389 e. The van der Waals surface area contributed by atoms with Crippen molar-refractivity contribution >= 4 is 28.9 Å². The van der Waals surface area contributed by atoms with Gasteiger partial charge in [0, 0.05) is 17.3 Å². The predicted molar refractivity (Wildman–Crippen MR) is 81.2 cm³/mol. The number of amides is 1. The fraction of sp³-hybridized carbons (Fsp3) is 0.462. The first-order valence-corrected chi connectivity index (χ1v) is 6.56. The molecule has 0 aromatic carbocycles. The highest BCUT2D eigenvalue weighted by Crippen LogP contribution is 2.11. The van der Waals surface area contributed by atoms with Crippen molar-refractivity contribution in [2.45, 2.75) is 39.8 Å². The summed E-state index contributed by atoms with van der Waals surface area (Å²) in [6.07, 6.45) is 0. The number of nitrogens with two attached hydrogens (primary N) is 1. The van der Waals surface area contributed by atoms with Crippen molar-refractivity contribution in [2.24, 2.45) is 5.73 Å². The summed E-state index contributed by atoms with van der Waals surface area (Å²) in [6, 6.07) is 3.28. The van der Waals surface area contributed by atoms with Crippen molar-refractivity contribution in [3.05, 3.63) is 23.4 Å². The highest BCUT2D eigenvalue weighted by Gasteiger charge is 2.14. The fourth-order valence-electron chi connectivity index (χ4n) is 1.58. The van der Waals surface area contributed by atoms with E-state index in [-0.39, 0.29) is 18.0 Å². The van der Waals surface area contributed by atoms with Gasteiger partial charge in [-0.15, -0.1) is 0 Å². The van der Waals surface area contributed by atoms with Gasteiger partial charge in [0.25, 0.3) is 0 Å². The van der Waals surface area contributed by atoms with Crippen molar-refractivity contribution in [2.75, 3.05) is 5.32 Å². The number of nitrogens with one attached hydrogen (secondary N) is 2. The first-order valence-electron chi connectivity index (χ1n) is 6.15. The number of hydrogen-bond acceptors (Lipinski definition) is 4. The lowest BCUT2D eigenvalue weighted by molar-refractivity contribution is -0.122. The first-order chi connectivity index (χ1) is 8.79. The molecule has 19 heavy (non-hydrogen) atoms. The van der Waals surface area contributed by atoms with Crippen LogP contribution in [0.5, 0.6) is 0 Å². The minimum absolute atomic E-state index is 0.0739. The summed E-state index contributed by atoms with van der Waals surface area (Å²) >= 11 is 4.95. The van der Waals surface area contributed by atoms with Gasteiger partial charge in [0.2, 0.25) is 5.91 Å². The predicted octanol–water partition coefficient (Wildman–Crippen LogP) is 1.35. The van der Waals surface area contributed by atoms with Crippen LogP contribution < -0.4 is 16.4 Å². The molecule has 0 aliphatic rings. The summed E-state index contributed by atoms with van der Waals surface area (Å²) < 4.78 is 0. The Balaban J connectivity index is 2.81. The van der Waals surface area contributed by atoms with Gasteiger partial charge in [-0.1, -0.05) is 12.2 Å². The van der Waals surface area contributed by atoms with Gasteiger partial charge in [-0.05, 0) is 39.8 Å². The maximum absolute atomic E-state index is 11.8. The zero-order valence-electron chi connectivity index (χ0n) is 11.7. The van der Waals surface area contributed by atoms with Crippen LogP contribution in [-0.2, 0) is 4.79 Å². The van der Waals surface area contributed by atoms with E-state index < -0.39 is 0 Å². The summed E-state index contributed by atoms with van der Waals surface area (Å²) in [7, 11) is 0. The monoisotopic (exact) mass is 280 g/mol. The molecule has 0 fully saturated rings. The molecular formula is C13H20N4OS. The van der Waals surface area contributed by atoms with E-state index in [2.05, 4.69) is 15.6 Å². The average Bonchev–Trinajstić information content (AvgIpc) is 2.26. The van der Waals surface area contributed by atoms with E-state index in [1.807, 2.05) is 26.8 Å². The van der Waals surface area contributed by atoms with Crippen LogP contribution in [-0.4, -0.2) is 28.0 Å². The number of rotatable bonds is 5. The molecule has 0 saturated heterocycles. The van der Waals surface area contributed by atoms with Crippen LogP contribution in [0.4, 0.5) is 5.82 Å². The Morgan fingerprint density at radius 2 is 2.00 bits per heavy atom. The Kier molecular flexibility index (Phi) is 5.23. The van der Waals surface area contributed by atoms with Crippen molar-refractivity contribution in [1.82, 2.24) is 10.3 Å². The Labute approximate surface area is 119 Å². The second-order valence-corrected chi connectivity index (χ2v) is 5.22. The number of anilines is 1. The minimum atomic E-state index is -0.379. The lowest BCUT2D eigenvalue weighted by Crippen LogP contribution is -2.41. The molecule has 0 radical (unpaired) electrons. The number of thiocarbonyl (C=S) groups is 1. The first kappa shape index (κ1) is 15.4. The summed E-state index contributed by atoms with van der Waals surface area (Å²) in [5, 5.41) is 5.88. The third-order valence-corrected chi connectivity index (χ3v) is 2.66. The summed E-state index contributed by atoms with van der Waals surface area (Å²) in [6.45, 7) is 7.47. The molecule has 0 bridgehead atoms. The standard InChI is InChI=1S/C13H20N4OS/c1-7(2)15-13(18)9(4)17-11-6-10(12(14)19)5-8(3)16-11/h5-7,9H,1-4H3,(H2,14,19)(H,15,18)(H,16,17). The van der Waals surface area contributed by atoms with E-state index in [0.29, 0.717) is 10.8 Å². The van der Waals surface area contributed by atoms with Gasteiger partial charge < -0.3 is 16.4 Å². The molecule has 1 amide bonds. The molecule has 5 nitrogen and oxygen atoms in total. The van der Waals surface area contributed by atoms with Gasteiger partial charge in [-0.25, -0.2) is 4.98 Å². The topological polar surface area (TPSA) is 80.0 Å². The van der Waals surface area contributed by atoms with Gasteiger partial charge in [0.15, 0.2) is 0 Å². The minimum Gasteiger partial charge on any atom is -0.389 e. The van der Waals surface area contributed by atoms with Crippen molar-refractivity contribution in [3.8, 4) is 0 Å². The van der Waals surface area contributed by atoms with Gasteiger partial charge in [-0.2, -0.15) is 0 Å². The van der Waals surface area contributed by atoms with Crippen LogP contribution in [0.25, 0.3) is 0 Å². The van der Waals surface area contributed by atoms with Gasteiger partial charge in [0.05, 0.1) is 0 Å². The van der Waals surface area contributed by atoms with Gasteiger partial charge in [0.1, 0.15) is 16.8 Å². The zero-order valence-corrected chi connectivity index (χ0v) is 12.5. The van der Waals surface area contributed by atoms with E-state index >= 15 is 0 Å². The molecule has 0 saturated carbocycles. The Hall–Kier alpha value is -1.69. The molecule has 1 unspecified atom stereocenters. The van der Waals surface area contributed by atoms with E-state index in [1.165, 1.54) is 0 Å². The van der Waals surface area contributed by atoms with Crippen LogP contribution in [0.1, 0.15) is 32.0 Å². The molecule has 104 valence electrons. The molecule has 6 heteroatoms. The second-order valence-electron chi connectivity index (χ2n) is 4.78. The van der Waals surface area contributed by atoms with Crippen LogP contribution >= 0.6 is 12.2 Å². The summed E-state index contributed by atoms with van der Waals surface area (Å²) in [5.41, 5.74) is 7.14. The Bertz CT molecular complexity index is 488. The number of nitrogens with zero attached hydrogens (tertiary/aromatic N) is 1. The number of aryl methyl sites for hydroxylation is 1. The molecule has 0 aliphatic carbocycles. The highest BCUT2D eigenvalue weighted by atomic mass is 32.1. The number of aromatic nitrogens is 1. The van der Waals surface area contributed by atoms with Crippen molar-refractivity contribution < 1.29 is 4.79 Å².